The third-order valence-electron chi connectivity index (χ3n) is 4.56. The van der Waals surface area contributed by atoms with Crippen molar-refractivity contribution < 1.29 is 4.74 Å². The van der Waals surface area contributed by atoms with Crippen LogP contribution in [0.3, 0.4) is 0 Å². The molecule has 1 aliphatic carbocycles. The summed E-state index contributed by atoms with van der Waals surface area (Å²) in [5.74, 6) is 2.56. The lowest BCUT2D eigenvalue weighted by Gasteiger charge is -2.13. The maximum absolute atomic E-state index is 6.05. The van der Waals surface area contributed by atoms with Crippen molar-refractivity contribution in [3.63, 3.8) is 0 Å². The maximum atomic E-state index is 6.05. The second kappa shape index (κ2) is 10.00. The lowest BCUT2D eigenvalue weighted by molar-refractivity contribution is 0.296. The topological polar surface area (TPSA) is 63.5 Å². The van der Waals surface area contributed by atoms with E-state index >= 15 is 0 Å². The van der Waals surface area contributed by atoms with Crippen LogP contribution < -0.4 is 15.4 Å². The molecule has 1 saturated carbocycles. The van der Waals surface area contributed by atoms with E-state index in [-0.39, 0.29) is 0 Å². The van der Waals surface area contributed by atoms with Crippen LogP contribution >= 0.6 is 0 Å². The molecule has 0 saturated heterocycles. The molecule has 3 rings (SSSR count). The monoisotopic (exact) mass is 369 g/mol. The van der Waals surface area contributed by atoms with Crippen molar-refractivity contribution in [2.75, 3.05) is 19.7 Å². The summed E-state index contributed by atoms with van der Waals surface area (Å²) < 4.78 is 8.00. The minimum atomic E-state index is 0.606. The predicted molar refractivity (Wildman–Crippen MR) is 109 cm³/mol. The van der Waals surface area contributed by atoms with E-state index in [1.165, 1.54) is 18.4 Å². The molecule has 2 N–H and O–H groups in total. The first-order chi connectivity index (χ1) is 13.2. The summed E-state index contributed by atoms with van der Waals surface area (Å²) in [5.41, 5.74) is 2.35. The van der Waals surface area contributed by atoms with E-state index in [1.807, 2.05) is 23.1 Å². The molecule has 0 spiro atoms. The summed E-state index contributed by atoms with van der Waals surface area (Å²) in [6, 6.07) is 8.32. The third-order valence-corrected chi connectivity index (χ3v) is 4.56. The molecular formula is C21H31N5O. The standard InChI is InChI=1S/C21H31N5O/c1-3-22-21(23-10-4-12-26-13-5-11-25-26)24-15-19-9-6-17(2)14-20(19)27-16-18-7-8-18/h5-6,9,11,13-14,18H,3-4,7-8,10,12,15-16H2,1-2H3,(H2,22,23,24). The fourth-order valence-corrected chi connectivity index (χ4v) is 2.81. The molecule has 27 heavy (non-hydrogen) atoms. The van der Waals surface area contributed by atoms with E-state index in [0.717, 1.165) is 55.9 Å². The van der Waals surface area contributed by atoms with Gasteiger partial charge in [0.15, 0.2) is 5.96 Å². The van der Waals surface area contributed by atoms with Crippen LogP contribution in [0, 0.1) is 12.8 Å². The van der Waals surface area contributed by atoms with Gasteiger partial charge in [-0.05, 0) is 56.7 Å². The van der Waals surface area contributed by atoms with Gasteiger partial charge in [0, 0.05) is 37.6 Å². The molecule has 1 aromatic heterocycles. The van der Waals surface area contributed by atoms with Crippen LogP contribution in [0.25, 0.3) is 0 Å². The first kappa shape index (κ1) is 19.3. The maximum Gasteiger partial charge on any atom is 0.191 e. The average molecular weight is 370 g/mol. The molecule has 0 amide bonds. The number of nitrogens with one attached hydrogen (secondary N) is 2. The Balaban J connectivity index is 1.53. The smallest absolute Gasteiger partial charge is 0.191 e. The van der Waals surface area contributed by atoms with Gasteiger partial charge in [0.1, 0.15) is 5.75 Å². The van der Waals surface area contributed by atoms with Crippen molar-refractivity contribution in [3.05, 3.63) is 47.8 Å². The van der Waals surface area contributed by atoms with E-state index in [9.17, 15) is 0 Å². The van der Waals surface area contributed by atoms with E-state index in [1.54, 1.807) is 0 Å². The highest BCUT2D eigenvalue weighted by molar-refractivity contribution is 5.79. The number of nitrogens with zero attached hydrogens (tertiary/aromatic N) is 3. The molecule has 0 bridgehead atoms. The van der Waals surface area contributed by atoms with E-state index in [2.05, 4.69) is 47.8 Å². The molecule has 1 aromatic carbocycles. The van der Waals surface area contributed by atoms with Gasteiger partial charge in [-0.1, -0.05) is 12.1 Å². The van der Waals surface area contributed by atoms with Gasteiger partial charge in [-0.2, -0.15) is 5.10 Å². The molecule has 1 fully saturated rings. The zero-order valence-corrected chi connectivity index (χ0v) is 16.4. The zero-order chi connectivity index (χ0) is 18.9. The van der Waals surface area contributed by atoms with Gasteiger partial charge in [-0.25, -0.2) is 4.99 Å². The van der Waals surface area contributed by atoms with Crippen molar-refractivity contribution in [3.8, 4) is 5.75 Å². The van der Waals surface area contributed by atoms with Crippen LogP contribution in [-0.4, -0.2) is 35.4 Å². The molecule has 0 atom stereocenters. The first-order valence-corrected chi connectivity index (χ1v) is 9.96. The van der Waals surface area contributed by atoms with Crippen LogP contribution in [0.5, 0.6) is 5.75 Å². The van der Waals surface area contributed by atoms with Gasteiger partial charge in [0.2, 0.25) is 0 Å². The van der Waals surface area contributed by atoms with Gasteiger partial charge in [0.25, 0.3) is 0 Å². The summed E-state index contributed by atoms with van der Waals surface area (Å²) in [4.78, 5) is 4.74. The Kier molecular flexibility index (Phi) is 7.13. The molecule has 146 valence electrons. The zero-order valence-electron chi connectivity index (χ0n) is 16.4. The summed E-state index contributed by atoms with van der Waals surface area (Å²) >= 11 is 0. The summed E-state index contributed by atoms with van der Waals surface area (Å²) in [6.07, 6.45) is 7.38. The van der Waals surface area contributed by atoms with Crippen LogP contribution in [0.15, 0.2) is 41.7 Å². The number of hydrogen-bond acceptors (Lipinski definition) is 3. The molecule has 0 unspecified atom stereocenters. The number of aryl methyl sites for hydroxylation is 2. The molecule has 1 aliphatic rings. The van der Waals surface area contributed by atoms with Crippen molar-refractivity contribution in [1.82, 2.24) is 20.4 Å². The third kappa shape index (κ3) is 6.62. The van der Waals surface area contributed by atoms with Crippen molar-refractivity contribution in [2.45, 2.75) is 46.2 Å². The highest BCUT2D eigenvalue weighted by atomic mass is 16.5. The van der Waals surface area contributed by atoms with Crippen LogP contribution in [-0.2, 0) is 13.1 Å². The van der Waals surface area contributed by atoms with Crippen LogP contribution in [0.2, 0.25) is 0 Å². The van der Waals surface area contributed by atoms with E-state index in [4.69, 9.17) is 9.73 Å². The van der Waals surface area contributed by atoms with Gasteiger partial charge < -0.3 is 15.4 Å². The average Bonchev–Trinajstić information content (AvgIpc) is 3.35. The number of aromatic nitrogens is 2. The molecule has 2 aromatic rings. The summed E-state index contributed by atoms with van der Waals surface area (Å²) in [6.45, 7) is 8.20. The highest BCUT2D eigenvalue weighted by Crippen LogP contribution is 2.30. The van der Waals surface area contributed by atoms with E-state index < -0.39 is 0 Å². The predicted octanol–water partition coefficient (Wildman–Crippen LogP) is 3.13. The second-order valence-corrected chi connectivity index (χ2v) is 7.11. The number of ether oxygens (including phenoxy) is 1. The molecular weight excluding hydrogens is 338 g/mol. The Hall–Kier alpha value is -2.50. The Morgan fingerprint density at radius 3 is 2.96 bits per heavy atom. The number of rotatable bonds is 10. The van der Waals surface area contributed by atoms with Gasteiger partial charge >= 0.3 is 0 Å². The summed E-state index contributed by atoms with van der Waals surface area (Å²) in [7, 11) is 0. The first-order valence-electron chi connectivity index (χ1n) is 9.96. The molecule has 0 radical (unpaired) electrons. The number of aliphatic imine (C=N–C) groups is 1. The second-order valence-electron chi connectivity index (χ2n) is 7.11. The van der Waals surface area contributed by atoms with Gasteiger partial charge in [-0.3, -0.25) is 4.68 Å². The van der Waals surface area contributed by atoms with Crippen LogP contribution in [0.4, 0.5) is 0 Å². The largest absolute Gasteiger partial charge is 0.493 e. The SMILES string of the molecule is CCNC(=NCc1ccc(C)cc1OCC1CC1)NCCCn1cccn1. The quantitative estimate of drug-likeness (QED) is 0.384. The van der Waals surface area contributed by atoms with Crippen LogP contribution in [0.1, 0.15) is 37.3 Å². The van der Waals surface area contributed by atoms with Crippen molar-refractivity contribution >= 4 is 5.96 Å². The Morgan fingerprint density at radius 2 is 2.22 bits per heavy atom. The Labute approximate surface area is 162 Å². The lowest BCUT2D eigenvalue weighted by Crippen LogP contribution is -2.38. The Morgan fingerprint density at radius 1 is 1.33 bits per heavy atom. The molecule has 1 heterocycles. The molecule has 6 nitrogen and oxygen atoms in total. The number of hydrogen-bond donors (Lipinski definition) is 2. The van der Waals surface area contributed by atoms with Crippen molar-refractivity contribution in [1.29, 1.82) is 0 Å². The van der Waals surface area contributed by atoms with Crippen molar-refractivity contribution in [2.24, 2.45) is 10.9 Å². The molecule has 6 heteroatoms. The summed E-state index contributed by atoms with van der Waals surface area (Å²) in [5, 5.41) is 10.9. The molecule has 0 aliphatic heterocycles. The Bertz CT molecular complexity index is 722. The van der Waals surface area contributed by atoms with Gasteiger partial charge in [0.05, 0.1) is 13.2 Å². The number of benzene rings is 1. The minimum Gasteiger partial charge on any atom is -0.493 e. The number of guanidine groups is 1. The fourth-order valence-electron chi connectivity index (χ4n) is 2.81. The lowest BCUT2D eigenvalue weighted by atomic mass is 10.1. The normalized spacial score (nSPS) is 14.2. The van der Waals surface area contributed by atoms with E-state index in [0.29, 0.717) is 6.54 Å². The minimum absolute atomic E-state index is 0.606. The highest BCUT2D eigenvalue weighted by Gasteiger charge is 2.22. The van der Waals surface area contributed by atoms with Gasteiger partial charge in [-0.15, -0.1) is 0 Å². The fraction of sp³-hybridized carbons (Fsp3) is 0.524.